The Balaban J connectivity index is 1.38. The van der Waals surface area contributed by atoms with Crippen molar-refractivity contribution in [3.05, 3.63) is 94.3 Å². The first kappa shape index (κ1) is 22.8. The molecule has 0 spiro atoms. The number of aliphatic imine (C=N–C) groups is 1. The SMILES string of the molecule is COc1cc(/C=C2/C(=N)N3N=C(c4cccnc4)SC3=NC2=O)ccc1OCc1ccccc1Cl. The molecule has 10 heteroatoms. The van der Waals surface area contributed by atoms with Crippen molar-refractivity contribution in [2.24, 2.45) is 10.1 Å². The lowest BCUT2D eigenvalue weighted by Crippen LogP contribution is -2.35. The van der Waals surface area contributed by atoms with Gasteiger partial charge in [-0.3, -0.25) is 15.2 Å². The number of thioether (sulfide) groups is 1. The molecule has 0 fully saturated rings. The predicted molar refractivity (Wildman–Crippen MR) is 137 cm³/mol. The Labute approximate surface area is 210 Å². The van der Waals surface area contributed by atoms with Gasteiger partial charge in [-0.1, -0.05) is 35.9 Å². The highest BCUT2D eigenvalue weighted by Gasteiger charge is 2.36. The molecule has 3 heterocycles. The number of nitrogens with one attached hydrogen (secondary N) is 1. The molecule has 2 aliphatic heterocycles. The van der Waals surface area contributed by atoms with Crippen LogP contribution in [0.5, 0.6) is 11.5 Å². The standard InChI is InChI=1S/C25H18ClN5O3S/c1-33-21-12-15(8-9-20(21)34-14-17-5-2-3-7-19(17)26)11-18-22(27)31-25(29-23(18)32)35-24(30-31)16-6-4-10-28-13-16/h2-13,27H,14H2,1H3/b18-11-,27-22?. The summed E-state index contributed by atoms with van der Waals surface area (Å²) < 4.78 is 11.4. The molecule has 0 unspecified atom stereocenters. The minimum absolute atomic E-state index is 0.0515. The summed E-state index contributed by atoms with van der Waals surface area (Å²) in [6.45, 7) is 0.279. The topological polar surface area (TPSA) is 100 Å². The van der Waals surface area contributed by atoms with Crippen LogP contribution in [0.25, 0.3) is 6.08 Å². The van der Waals surface area contributed by atoms with Crippen molar-refractivity contribution in [3.63, 3.8) is 0 Å². The van der Waals surface area contributed by atoms with Crippen LogP contribution < -0.4 is 9.47 Å². The maximum Gasteiger partial charge on any atom is 0.283 e. The molecule has 0 radical (unpaired) electrons. The normalized spacial score (nSPS) is 16.2. The van der Waals surface area contributed by atoms with Crippen LogP contribution in [-0.4, -0.2) is 39.1 Å². The summed E-state index contributed by atoms with van der Waals surface area (Å²) in [7, 11) is 1.54. The summed E-state index contributed by atoms with van der Waals surface area (Å²) in [5, 5.41) is 16.0. The molecule has 8 nitrogen and oxygen atoms in total. The van der Waals surface area contributed by atoms with Crippen LogP contribution >= 0.6 is 23.4 Å². The van der Waals surface area contributed by atoms with Gasteiger partial charge in [-0.25, -0.2) is 0 Å². The highest BCUT2D eigenvalue weighted by molar-refractivity contribution is 8.27. The molecule has 174 valence electrons. The highest BCUT2D eigenvalue weighted by atomic mass is 35.5. The number of nitrogens with zero attached hydrogens (tertiary/aromatic N) is 4. The summed E-state index contributed by atoms with van der Waals surface area (Å²) in [6.07, 6.45) is 4.94. The second-order valence-corrected chi connectivity index (χ2v) is 8.82. The Morgan fingerprint density at radius 1 is 1.14 bits per heavy atom. The third-order valence-corrected chi connectivity index (χ3v) is 6.53. The van der Waals surface area contributed by atoms with E-state index in [1.807, 2.05) is 24.3 Å². The maximum absolute atomic E-state index is 12.7. The van der Waals surface area contributed by atoms with Crippen LogP contribution in [0.1, 0.15) is 16.7 Å². The number of hydrazone groups is 1. The highest BCUT2D eigenvalue weighted by Crippen LogP contribution is 2.33. The third-order valence-electron chi connectivity index (χ3n) is 5.20. The maximum atomic E-state index is 12.7. The van der Waals surface area contributed by atoms with E-state index in [0.717, 1.165) is 11.1 Å². The number of benzene rings is 2. The van der Waals surface area contributed by atoms with E-state index in [0.29, 0.717) is 32.3 Å². The van der Waals surface area contributed by atoms with E-state index in [2.05, 4.69) is 15.1 Å². The molecule has 0 saturated carbocycles. The second kappa shape index (κ2) is 9.73. The number of fused-ring (bicyclic) bond motifs is 1. The average molecular weight is 504 g/mol. The molecule has 1 N–H and O–H groups in total. The average Bonchev–Trinajstić information content (AvgIpc) is 3.31. The van der Waals surface area contributed by atoms with Gasteiger partial charge in [-0.05, 0) is 53.7 Å². The van der Waals surface area contributed by atoms with Crippen molar-refractivity contribution in [1.82, 2.24) is 9.99 Å². The first-order valence-electron chi connectivity index (χ1n) is 10.5. The van der Waals surface area contributed by atoms with Crippen molar-refractivity contribution >= 4 is 51.4 Å². The van der Waals surface area contributed by atoms with Gasteiger partial charge in [0.15, 0.2) is 17.3 Å². The molecule has 35 heavy (non-hydrogen) atoms. The number of ether oxygens (including phenoxy) is 2. The molecule has 3 aromatic rings. The van der Waals surface area contributed by atoms with Crippen molar-refractivity contribution in [2.45, 2.75) is 6.61 Å². The Kier molecular flexibility index (Phi) is 6.35. The van der Waals surface area contributed by atoms with Crippen LogP contribution in [0, 0.1) is 5.41 Å². The van der Waals surface area contributed by atoms with E-state index in [1.165, 1.54) is 23.9 Å². The lowest BCUT2D eigenvalue weighted by atomic mass is 10.1. The van der Waals surface area contributed by atoms with Gasteiger partial charge in [0.1, 0.15) is 11.7 Å². The van der Waals surface area contributed by atoms with Crippen LogP contribution in [0.2, 0.25) is 5.02 Å². The molecule has 0 saturated heterocycles. The summed E-state index contributed by atoms with van der Waals surface area (Å²) in [6, 6.07) is 16.4. The molecular formula is C25H18ClN5O3S. The predicted octanol–water partition coefficient (Wildman–Crippen LogP) is 4.99. The zero-order valence-corrected chi connectivity index (χ0v) is 20.0. The van der Waals surface area contributed by atoms with E-state index in [4.69, 9.17) is 26.5 Å². The summed E-state index contributed by atoms with van der Waals surface area (Å²) >= 11 is 7.44. The Bertz CT molecular complexity index is 1420. The smallest absolute Gasteiger partial charge is 0.283 e. The molecule has 1 amide bonds. The minimum Gasteiger partial charge on any atom is -0.493 e. The number of rotatable bonds is 6. The largest absolute Gasteiger partial charge is 0.493 e. The van der Waals surface area contributed by atoms with Gasteiger partial charge in [0.05, 0.1) is 12.7 Å². The van der Waals surface area contributed by atoms with Crippen LogP contribution in [0.4, 0.5) is 0 Å². The first-order valence-corrected chi connectivity index (χ1v) is 11.7. The van der Waals surface area contributed by atoms with Gasteiger partial charge in [0.25, 0.3) is 5.91 Å². The van der Waals surface area contributed by atoms with E-state index >= 15 is 0 Å². The van der Waals surface area contributed by atoms with Crippen molar-refractivity contribution < 1.29 is 14.3 Å². The number of halogens is 1. The van der Waals surface area contributed by atoms with Crippen molar-refractivity contribution in [2.75, 3.05) is 7.11 Å². The quantitative estimate of drug-likeness (QED) is 0.476. The van der Waals surface area contributed by atoms with Gasteiger partial charge in [-0.15, -0.1) is 0 Å². The number of amides is 1. The number of aromatic nitrogens is 1. The minimum atomic E-state index is -0.505. The van der Waals surface area contributed by atoms with Crippen LogP contribution in [0.15, 0.2) is 82.7 Å². The number of hydrogen-bond donors (Lipinski definition) is 1. The Hall–Kier alpha value is -3.95. The van der Waals surface area contributed by atoms with E-state index in [1.54, 1.807) is 48.8 Å². The number of pyridine rings is 1. The molecule has 0 aliphatic carbocycles. The second-order valence-electron chi connectivity index (χ2n) is 7.46. The zero-order valence-electron chi connectivity index (χ0n) is 18.4. The zero-order chi connectivity index (χ0) is 24.4. The molecule has 0 atom stereocenters. The number of amidine groups is 2. The third kappa shape index (κ3) is 4.68. The molecule has 5 rings (SSSR count). The molecule has 0 bridgehead atoms. The molecule has 2 aliphatic rings. The number of carbonyl (C=O) groups is 1. The monoisotopic (exact) mass is 503 g/mol. The van der Waals surface area contributed by atoms with Gasteiger partial charge >= 0.3 is 0 Å². The van der Waals surface area contributed by atoms with Crippen molar-refractivity contribution in [1.29, 1.82) is 5.41 Å². The lowest BCUT2D eigenvalue weighted by Gasteiger charge is -2.20. The van der Waals surface area contributed by atoms with Gasteiger partial charge in [0, 0.05) is 28.5 Å². The molecule has 2 aromatic carbocycles. The van der Waals surface area contributed by atoms with Gasteiger partial charge in [0.2, 0.25) is 5.17 Å². The van der Waals surface area contributed by atoms with Crippen LogP contribution in [0.3, 0.4) is 0 Å². The van der Waals surface area contributed by atoms with E-state index < -0.39 is 5.91 Å². The molecular weight excluding hydrogens is 486 g/mol. The Morgan fingerprint density at radius 3 is 2.77 bits per heavy atom. The lowest BCUT2D eigenvalue weighted by molar-refractivity contribution is -0.114. The fourth-order valence-electron chi connectivity index (χ4n) is 3.43. The number of methoxy groups -OCH3 is 1. The number of hydrogen-bond acceptors (Lipinski definition) is 7. The summed E-state index contributed by atoms with van der Waals surface area (Å²) in [4.78, 5) is 21.0. The van der Waals surface area contributed by atoms with Gasteiger partial charge in [-0.2, -0.15) is 15.1 Å². The fraction of sp³-hybridized carbons (Fsp3) is 0.0800. The molecule has 1 aromatic heterocycles. The van der Waals surface area contributed by atoms with Crippen molar-refractivity contribution in [3.8, 4) is 11.5 Å². The summed E-state index contributed by atoms with van der Waals surface area (Å²) in [5.74, 6) is 0.458. The summed E-state index contributed by atoms with van der Waals surface area (Å²) in [5.41, 5.74) is 2.42. The Morgan fingerprint density at radius 2 is 2.00 bits per heavy atom. The first-order chi connectivity index (χ1) is 17.0. The van der Waals surface area contributed by atoms with Crippen LogP contribution in [-0.2, 0) is 11.4 Å². The van der Waals surface area contributed by atoms with E-state index in [9.17, 15) is 4.79 Å². The number of carbonyl (C=O) groups excluding carboxylic acids is 1. The van der Waals surface area contributed by atoms with Gasteiger partial charge < -0.3 is 9.47 Å². The fourth-order valence-corrected chi connectivity index (χ4v) is 4.50. The van der Waals surface area contributed by atoms with E-state index in [-0.39, 0.29) is 18.0 Å².